The Hall–Kier alpha value is -0.450. The first-order valence-corrected chi connectivity index (χ1v) is 6.52. The standard InChI is InChI=1S/C13H25NO3/c1-12(2)14(6-4-7-15)9-13(10-16)5-3-8-17-11-13/h10,12,15H,3-9,11H2,1-2H3. The first-order valence-electron chi connectivity index (χ1n) is 6.52. The van der Waals surface area contributed by atoms with E-state index in [1.165, 1.54) is 0 Å². The summed E-state index contributed by atoms with van der Waals surface area (Å²) >= 11 is 0. The van der Waals surface area contributed by atoms with Gasteiger partial charge in [-0.1, -0.05) is 0 Å². The summed E-state index contributed by atoms with van der Waals surface area (Å²) in [5, 5.41) is 8.90. The Balaban J connectivity index is 2.58. The zero-order valence-corrected chi connectivity index (χ0v) is 11.0. The molecule has 1 rings (SSSR count). The van der Waals surface area contributed by atoms with Crippen molar-refractivity contribution in [2.75, 3.05) is 32.9 Å². The van der Waals surface area contributed by atoms with Crippen LogP contribution in [0.1, 0.15) is 33.1 Å². The maximum Gasteiger partial charge on any atom is 0.129 e. The van der Waals surface area contributed by atoms with E-state index < -0.39 is 0 Å². The van der Waals surface area contributed by atoms with E-state index in [0.29, 0.717) is 12.6 Å². The van der Waals surface area contributed by atoms with Crippen molar-refractivity contribution in [3.63, 3.8) is 0 Å². The number of aliphatic hydroxyl groups is 1. The fraction of sp³-hybridized carbons (Fsp3) is 0.923. The molecule has 0 aliphatic carbocycles. The van der Waals surface area contributed by atoms with Crippen molar-refractivity contribution in [2.24, 2.45) is 5.41 Å². The lowest BCUT2D eigenvalue weighted by Gasteiger charge is -2.38. The fourth-order valence-electron chi connectivity index (χ4n) is 2.33. The van der Waals surface area contributed by atoms with E-state index in [4.69, 9.17) is 9.84 Å². The van der Waals surface area contributed by atoms with Gasteiger partial charge in [0.15, 0.2) is 0 Å². The number of rotatable bonds is 7. The van der Waals surface area contributed by atoms with Crippen LogP contribution in [0.25, 0.3) is 0 Å². The highest BCUT2D eigenvalue weighted by Gasteiger charge is 2.35. The van der Waals surface area contributed by atoms with Crippen LogP contribution in [-0.4, -0.2) is 55.2 Å². The van der Waals surface area contributed by atoms with Crippen LogP contribution < -0.4 is 0 Å². The predicted molar refractivity (Wildman–Crippen MR) is 67.0 cm³/mol. The van der Waals surface area contributed by atoms with E-state index in [0.717, 1.165) is 45.2 Å². The van der Waals surface area contributed by atoms with Gasteiger partial charge in [0, 0.05) is 32.3 Å². The minimum Gasteiger partial charge on any atom is -0.396 e. The number of ether oxygens (including phenoxy) is 1. The van der Waals surface area contributed by atoms with Crippen molar-refractivity contribution in [1.82, 2.24) is 4.90 Å². The third-order valence-electron chi connectivity index (χ3n) is 3.45. The minimum absolute atomic E-state index is 0.202. The lowest BCUT2D eigenvalue weighted by Crippen LogP contribution is -2.47. The molecule has 4 heteroatoms. The maximum atomic E-state index is 11.4. The van der Waals surface area contributed by atoms with E-state index >= 15 is 0 Å². The number of aldehydes is 1. The summed E-state index contributed by atoms with van der Waals surface area (Å²) in [7, 11) is 0. The molecule has 1 unspecified atom stereocenters. The van der Waals surface area contributed by atoms with Gasteiger partial charge >= 0.3 is 0 Å². The highest BCUT2D eigenvalue weighted by molar-refractivity contribution is 5.60. The summed E-state index contributed by atoms with van der Waals surface area (Å²) in [5.41, 5.74) is -0.335. The molecule has 0 aromatic heterocycles. The summed E-state index contributed by atoms with van der Waals surface area (Å²) in [6.45, 7) is 7.34. The SMILES string of the molecule is CC(C)N(CCCO)CC1(C=O)CCCOC1. The van der Waals surface area contributed by atoms with Crippen LogP contribution in [0.2, 0.25) is 0 Å². The second kappa shape index (κ2) is 7.09. The maximum absolute atomic E-state index is 11.4. The van der Waals surface area contributed by atoms with Gasteiger partial charge in [0.05, 0.1) is 12.0 Å². The highest BCUT2D eigenvalue weighted by atomic mass is 16.5. The Kier molecular flexibility index (Phi) is 6.09. The van der Waals surface area contributed by atoms with Crippen LogP contribution in [0, 0.1) is 5.41 Å². The summed E-state index contributed by atoms with van der Waals surface area (Å²) in [6, 6.07) is 0.389. The second-order valence-corrected chi connectivity index (χ2v) is 5.28. The third-order valence-corrected chi connectivity index (χ3v) is 3.45. The summed E-state index contributed by atoms with van der Waals surface area (Å²) in [5.74, 6) is 0. The van der Waals surface area contributed by atoms with Crippen LogP contribution in [0.5, 0.6) is 0 Å². The molecule has 1 atom stereocenters. The van der Waals surface area contributed by atoms with Crippen molar-refractivity contribution in [2.45, 2.75) is 39.2 Å². The molecule has 0 amide bonds. The van der Waals surface area contributed by atoms with Gasteiger partial charge in [0.2, 0.25) is 0 Å². The van der Waals surface area contributed by atoms with Crippen molar-refractivity contribution in [3.05, 3.63) is 0 Å². The number of aliphatic hydroxyl groups excluding tert-OH is 1. The summed E-state index contributed by atoms with van der Waals surface area (Å²) in [6.07, 6.45) is 3.71. The average molecular weight is 243 g/mol. The molecule has 1 heterocycles. The molecule has 1 aliphatic rings. The zero-order valence-electron chi connectivity index (χ0n) is 11.0. The number of hydrogen-bond donors (Lipinski definition) is 1. The lowest BCUT2D eigenvalue weighted by molar-refractivity contribution is -0.126. The number of hydrogen-bond acceptors (Lipinski definition) is 4. The topological polar surface area (TPSA) is 49.8 Å². The van der Waals surface area contributed by atoms with Gasteiger partial charge in [0.1, 0.15) is 6.29 Å². The van der Waals surface area contributed by atoms with Crippen molar-refractivity contribution in [3.8, 4) is 0 Å². The van der Waals surface area contributed by atoms with Crippen LogP contribution in [0.4, 0.5) is 0 Å². The minimum atomic E-state index is -0.335. The molecular formula is C13H25NO3. The van der Waals surface area contributed by atoms with E-state index in [9.17, 15) is 4.79 Å². The number of carbonyl (C=O) groups excluding carboxylic acids is 1. The summed E-state index contributed by atoms with van der Waals surface area (Å²) in [4.78, 5) is 13.6. The van der Waals surface area contributed by atoms with E-state index in [1.54, 1.807) is 0 Å². The van der Waals surface area contributed by atoms with Crippen molar-refractivity contribution >= 4 is 6.29 Å². The van der Waals surface area contributed by atoms with Crippen LogP contribution in [0.15, 0.2) is 0 Å². The highest BCUT2D eigenvalue weighted by Crippen LogP contribution is 2.28. The molecule has 1 N–H and O–H groups in total. The molecule has 1 fully saturated rings. The van der Waals surface area contributed by atoms with E-state index in [1.807, 2.05) is 0 Å². The van der Waals surface area contributed by atoms with Gasteiger partial charge in [-0.3, -0.25) is 4.90 Å². The van der Waals surface area contributed by atoms with Gasteiger partial charge in [-0.05, 0) is 33.1 Å². The van der Waals surface area contributed by atoms with Gasteiger partial charge in [-0.25, -0.2) is 0 Å². The molecule has 1 saturated heterocycles. The first-order chi connectivity index (χ1) is 8.13. The van der Waals surface area contributed by atoms with E-state index in [2.05, 4.69) is 18.7 Å². The molecule has 100 valence electrons. The molecule has 0 aromatic rings. The molecule has 0 saturated carbocycles. The largest absolute Gasteiger partial charge is 0.396 e. The van der Waals surface area contributed by atoms with Gasteiger partial charge in [0.25, 0.3) is 0 Å². The zero-order chi connectivity index (χ0) is 12.7. The van der Waals surface area contributed by atoms with Gasteiger partial charge in [-0.15, -0.1) is 0 Å². The first kappa shape index (κ1) is 14.6. The Morgan fingerprint density at radius 3 is 2.76 bits per heavy atom. The lowest BCUT2D eigenvalue weighted by atomic mass is 9.83. The Morgan fingerprint density at radius 2 is 2.29 bits per heavy atom. The van der Waals surface area contributed by atoms with Crippen LogP contribution >= 0.6 is 0 Å². The quantitative estimate of drug-likeness (QED) is 0.680. The molecule has 4 nitrogen and oxygen atoms in total. The summed E-state index contributed by atoms with van der Waals surface area (Å²) < 4.78 is 5.45. The molecule has 0 radical (unpaired) electrons. The predicted octanol–water partition coefficient (Wildman–Crippen LogP) is 1.07. The van der Waals surface area contributed by atoms with E-state index in [-0.39, 0.29) is 12.0 Å². The Labute approximate surface area is 104 Å². The normalized spacial score (nSPS) is 25.5. The van der Waals surface area contributed by atoms with Crippen LogP contribution in [-0.2, 0) is 9.53 Å². The smallest absolute Gasteiger partial charge is 0.129 e. The third kappa shape index (κ3) is 4.37. The van der Waals surface area contributed by atoms with Gasteiger partial charge in [-0.2, -0.15) is 0 Å². The number of nitrogens with zero attached hydrogens (tertiary/aromatic N) is 1. The Morgan fingerprint density at radius 1 is 1.53 bits per heavy atom. The van der Waals surface area contributed by atoms with Crippen molar-refractivity contribution in [1.29, 1.82) is 0 Å². The average Bonchev–Trinajstić information content (AvgIpc) is 2.35. The molecular weight excluding hydrogens is 218 g/mol. The molecule has 0 bridgehead atoms. The van der Waals surface area contributed by atoms with Crippen molar-refractivity contribution < 1.29 is 14.6 Å². The number of carbonyl (C=O) groups is 1. The monoisotopic (exact) mass is 243 g/mol. The van der Waals surface area contributed by atoms with Gasteiger partial charge < -0.3 is 14.6 Å². The molecule has 1 aliphatic heterocycles. The Bertz CT molecular complexity index is 225. The van der Waals surface area contributed by atoms with Crippen LogP contribution in [0.3, 0.4) is 0 Å². The molecule has 0 spiro atoms. The molecule has 17 heavy (non-hydrogen) atoms. The second-order valence-electron chi connectivity index (χ2n) is 5.28. The fourth-order valence-corrected chi connectivity index (χ4v) is 2.33. The molecule has 0 aromatic carbocycles.